The van der Waals surface area contributed by atoms with E-state index < -0.39 is 0 Å². The molecule has 1 saturated heterocycles. The van der Waals surface area contributed by atoms with Gasteiger partial charge in [-0.05, 0) is 18.5 Å². The van der Waals surface area contributed by atoms with Crippen molar-refractivity contribution in [3.63, 3.8) is 0 Å². The lowest BCUT2D eigenvalue weighted by Gasteiger charge is -2.17. The van der Waals surface area contributed by atoms with Gasteiger partial charge in [-0.1, -0.05) is 30.3 Å². The Morgan fingerprint density at radius 2 is 2.14 bits per heavy atom. The van der Waals surface area contributed by atoms with Crippen molar-refractivity contribution in [2.75, 3.05) is 6.54 Å². The molecule has 1 aromatic heterocycles. The Kier molecular flexibility index (Phi) is 3.79. The van der Waals surface area contributed by atoms with E-state index in [9.17, 15) is 9.90 Å². The number of ketones is 1. The van der Waals surface area contributed by atoms with E-state index >= 15 is 0 Å². The first kappa shape index (κ1) is 13.5. The normalized spacial score (nSPS) is 22.4. The van der Waals surface area contributed by atoms with Crippen molar-refractivity contribution in [2.45, 2.75) is 18.4 Å². The smallest absolute Gasteiger partial charge is 0.215 e. The third-order valence-corrected chi connectivity index (χ3v) is 3.68. The van der Waals surface area contributed by atoms with Crippen LogP contribution in [0.4, 0.5) is 0 Å². The van der Waals surface area contributed by atoms with Gasteiger partial charge in [0.05, 0.1) is 6.04 Å². The Labute approximate surface area is 121 Å². The van der Waals surface area contributed by atoms with E-state index in [0.717, 1.165) is 18.5 Å². The first-order valence-corrected chi connectivity index (χ1v) is 6.84. The van der Waals surface area contributed by atoms with Crippen molar-refractivity contribution < 1.29 is 9.90 Å². The minimum Gasteiger partial charge on any atom is -0.504 e. The quantitative estimate of drug-likeness (QED) is 0.583. The maximum absolute atomic E-state index is 12.4. The second-order valence-corrected chi connectivity index (χ2v) is 4.99. The lowest BCUT2D eigenvalue weighted by molar-refractivity contribution is -0.116. The fraction of sp³-hybridized carbons (Fsp3) is 0.267. The number of carbonyl (C=O) groups excluding carboxylic acids is 1. The van der Waals surface area contributed by atoms with Crippen molar-refractivity contribution in [1.82, 2.24) is 20.5 Å². The predicted molar refractivity (Wildman–Crippen MR) is 77.6 cm³/mol. The Morgan fingerprint density at radius 3 is 2.86 bits per heavy atom. The highest BCUT2D eigenvalue weighted by molar-refractivity contribution is 5.99. The van der Waals surface area contributed by atoms with Crippen LogP contribution in [-0.4, -0.2) is 38.7 Å². The molecule has 1 aliphatic rings. The highest BCUT2D eigenvalue weighted by atomic mass is 16.3. The summed E-state index contributed by atoms with van der Waals surface area (Å²) >= 11 is 0. The summed E-state index contributed by atoms with van der Waals surface area (Å²) in [7, 11) is 0. The summed E-state index contributed by atoms with van der Waals surface area (Å²) in [6.45, 7) is 0.783. The van der Waals surface area contributed by atoms with E-state index in [1.165, 1.54) is 12.4 Å². The molecule has 21 heavy (non-hydrogen) atoms. The molecule has 2 unspecified atom stereocenters. The monoisotopic (exact) mass is 284 g/mol. The zero-order valence-corrected chi connectivity index (χ0v) is 11.4. The number of aromatic amines is 1. The van der Waals surface area contributed by atoms with Crippen LogP contribution in [0.3, 0.4) is 0 Å². The molecule has 0 aliphatic carbocycles. The molecule has 1 fully saturated rings. The van der Waals surface area contributed by atoms with Gasteiger partial charge in [0.15, 0.2) is 11.5 Å². The molecule has 2 heterocycles. The van der Waals surface area contributed by atoms with Crippen LogP contribution in [0.5, 0.6) is 0 Å². The summed E-state index contributed by atoms with van der Waals surface area (Å²) < 4.78 is 0. The highest BCUT2D eigenvalue weighted by Crippen LogP contribution is 2.28. The molecule has 0 bridgehead atoms. The van der Waals surface area contributed by atoms with E-state index in [4.69, 9.17) is 0 Å². The number of nitrogens with zero attached hydrogens (tertiary/aromatic N) is 2. The number of hydrogen-bond acceptors (Lipinski definition) is 5. The van der Waals surface area contributed by atoms with E-state index in [1.807, 2.05) is 30.3 Å². The van der Waals surface area contributed by atoms with E-state index in [1.54, 1.807) is 0 Å². The average molecular weight is 284 g/mol. The molecule has 6 nitrogen and oxygen atoms in total. The molecule has 0 spiro atoms. The van der Waals surface area contributed by atoms with Gasteiger partial charge < -0.3 is 10.4 Å². The van der Waals surface area contributed by atoms with Crippen LogP contribution in [0.15, 0.2) is 42.7 Å². The van der Waals surface area contributed by atoms with Crippen LogP contribution in [0.2, 0.25) is 0 Å². The SMILES string of the molecule is O=C(C=C(O)c1nc[nH]n1)C1NCCC1c1ccccc1. The molecular formula is C15H16N4O2. The fourth-order valence-corrected chi connectivity index (χ4v) is 2.68. The maximum Gasteiger partial charge on any atom is 0.215 e. The minimum atomic E-state index is -0.325. The van der Waals surface area contributed by atoms with Gasteiger partial charge in [-0.25, -0.2) is 4.98 Å². The van der Waals surface area contributed by atoms with Gasteiger partial charge in [0, 0.05) is 12.0 Å². The first-order valence-electron chi connectivity index (χ1n) is 6.84. The zero-order valence-electron chi connectivity index (χ0n) is 11.4. The highest BCUT2D eigenvalue weighted by Gasteiger charge is 2.32. The van der Waals surface area contributed by atoms with Crippen LogP contribution >= 0.6 is 0 Å². The first-order chi connectivity index (χ1) is 10.3. The van der Waals surface area contributed by atoms with Crippen LogP contribution in [0, 0.1) is 0 Å². The van der Waals surface area contributed by atoms with Gasteiger partial charge in [-0.2, -0.15) is 5.10 Å². The van der Waals surface area contributed by atoms with Crippen molar-refractivity contribution in [2.24, 2.45) is 0 Å². The molecule has 3 rings (SSSR count). The van der Waals surface area contributed by atoms with E-state index in [2.05, 4.69) is 20.5 Å². The van der Waals surface area contributed by atoms with Crippen molar-refractivity contribution in [3.05, 3.63) is 54.1 Å². The Hall–Kier alpha value is -2.47. The number of aromatic nitrogens is 3. The number of H-pyrrole nitrogens is 1. The second-order valence-electron chi connectivity index (χ2n) is 4.99. The molecule has 0 radical (unpaired) electrons. The standard InChI is InChI=1S/C15H16N4O2/c20-12(8-13(21)15-17-9-18-19-15)14-11(6-7-16-14)10-4-2-1-3-5-10/h1-5,8-9,11,14,16,21H,6-7H2,(H,17,18,19). The summed E-state index contributed by atoms with van der Waals surface area (Å²) in [5.74, 6) is -0.141. The van der Waals surface area contributed by atoms with Crippen LogP contribution in [0.25, 0.3) is 5.76 Å². The molecule has 0 saturated carbocycles. The number of aliphatic hydroxyl groups excluding tert-OH is 1. The van der Waals surface area contributed by atoms with Gasteiger partial charge >= 0.3 is 0 Å². The van der Waals surface area contributed by atoms with E-state index in [-0.39, 0.29) is 29.3 Å². The molecule has 1 aromatic carbocycles. The Morgan fingerprint density at radius 1 is 1.33 bits per heavy atom. The molecule has 0 amide bonds. The Bertz CT molecular complexity index is 637. The number of nitrogens with one attached hydrogen (secondary N) is 2. The van der Waals surface area contributed by atoms with Gasteiger partial charge in [-0.15, -0.1) is 0 Å². The molecule has 2 aromatic rings. The second kappa shape index (κ2) is 5.88. The maximum atomic E-state index is 12.4. The van der Waals surface area contributed by atoms with Crippen molar-refractivity contribution in [1.29, 1.82) is 0 Å². The summed E-state index contributed by atoms with van der Waals surface area (Å²) in [6, 6.07) is 9.62. The largest absolute Gasteiger partial charge is 0.504 e. The number of hydrogen-bond donors (Lipinski definition) is 3. The predicted octanol–water partition coefficient (Wildman–Crippen LogP) is 1.42. The lowest BCUT2D eigenvalue weighted by Crippen LogP contribution is -2.33. The zero-order chi connectivity index (χ0) is 14.7. The molecule has 1 aliphatic heterocycles. The number of carbonyl (C=O) groups is 1. The average Bonchev–Trinajstić information content (AvgIpc) is 3.19. The van der Waals surface area contributed by atoms with Gasteiger partial charge in [0.25, 0.3) is 0 Å². The summed E-state index contributed by atoms with van der Waals surface area (Å²) in [4.78, 5) is 16.2. The molecule has 3 N–H and O–H groups in total. The molecule has 108 valence electrons. The fourth-order valence-electron chi connectivity index (χ4n) is 2.68. The summed E-state index contributed by atoms with van der Waals surface area (Å²) in [5.41, 5.74) is 1.13. The number of benzene rings is 1. The van der Waals surface area contributed by atoms with Crippen LogP contribution in [0.1, 0.15) is 23.7 Å². The van der Waals surface area contributed by atoms with Gasteiger partial charge in [0.2, 0.25) is 5.82 Å². The third-order valence-electron chi connectivity index (χ3n) is 3.68. The minimum absolute atomic E-state index is 0.120. The van der Waals surface area contributed by atoms with Gasteiger partial charge in [0.1, 0.15) is 6.33 Å². The number of aliphatic hydroxyl groups is 1. The Balaban J connectivity index is 1.79. The van der Waals surface area contributed by atoms with Crippen LogP contribution < -0.4 is 5.32 Å². The third kappa shape index (κ3) is 2.85. The lowest BCUT2D eigenvalue weighted by atomic mass is 9.89. The van der Waals surface area contributed by atoms with Crippen molar-refractivity contribution in [3.8, 4) is 0 Å². The molecule has 2 atom stereocenters. The summed E-state index contributed by atoms with van der Waals surface area (Å²) in [5, 5.41) is 19.3. The van der Waals surface area contributed by atoms with E-state index in [0.29, 0.717) is 0 Å². The molecular weight excluding hydrogens is 268 g/mol. The van der Waals surface area contributed by atoms with Gasteiger partial charge in [-0.3, -0.25) is 9.89 Å². The summed E-state index contributed by atoms with van der Waals surface area (Å²) in [6.07, 6.45) is 3.45. The molecule has 6 heteroatoms. The van der Waals surface area contributed by atoms with Crippen molar-refractivity contribution >= 4 is 11.5 Å². The number of rotatable bonds is 4. The topological polar surface area (TPSA) is 90.9 Å². The van der Waals surface area contributed by atoms with Crippen LogP contribution in [-0.2, 0) is 4.79 Å².